The van der Waals surface area contributed by atoms with Gasteiger partial charge in [-0.3, -0.25) is 9.59 Å². The highest BCUT2D eigenvalue weighted by atomic mass is 16.5. The topological polar surface area (TPSA) is 60.8 Å². The first-order chi connectivity index (χ1) is 15.0. The van der Waals surface area contributed by atoms with E-state index in [9.17, 15) is 9.59 Å². The molecular formula is C25H32N2O4. The zero-order chi connectivity index (χ0) is 22.0. The maximum atomic E-state index is 13.3. The lowest BCUT2D eigenvalue weighted by Crippen LogP contribution is -2.47. The Bertz CT molecular complexity index is 1000. The Balaban J connectivity index is 1.52. The molecular weight excluding hydrogens is 392 g/mol. The molecule has 0 N–H and O–H groups in total. The summed E-state index contributed by atoms with van der Waals surface area (Å²) in [6.07, 6.45) is 7.34. The van der Waals surface area contributed by atoms with Crippen molar-refractivity contribution in [1.29, 1.82) is 0 Å². The second-order valence-corrected chi connectivity index (χ2v) is 8.92. The molecule has 1 aromatic carbocycles. The average molecular weight is 425 g/mol. The van der Waals surface area contributed by atoms with Gasteiger partial charge in [0.2, 0.25) is 0 Å². The monoisotopic (exact) mass is 424 g/mol. The number of ether oxygens (including phenoxy) is 2. The minimum Gasteiger partial charge on any atom is -0.493 e. The van der Waals surface area contributed by atoms with Crippen molar-refractivity contribution in [2.75, 3.05) is 27.3 Å². The number of amides is 1. The average Bonchev–Trinajstić information content (AvgIpc) is 2.78. The van der Waals surface area contributed by atoms with Gasteiger partial charge >= 0.3 is 0 Å². The zero-order valence-corrected chi connectivity index (χ0v) is 18.7. The molecule has 0 spiro atoms. The van der Waals surface area contributed by atoms with E-state index < -0.39 is 0 Å². The standard InChI is InChI=1S/C25H32N2O4/c1-17-9-11-26(12-10-18-7-8-21(30-2)22(14-18)31-3)24(28)23(17)25(29)27-15-19-5-4-6-20(13-19)16-27/h7-9,11,14,19-20H,4-6,10,12-13,15-16H2,1-3H3/t19-,20-/m0/s1. The molecule has 6 nitrogen and oxygen atoms in total. The molecule has 2 atom stereocenters. The third-order valence-electron chi connectivity index (χ3n) is 6.81. The third kappa shape index (κ3) is 4.48. The predicted molar refractivity (Wildman–Crippen MR) is 120 cm³/mol. The van der Waals surface area contributed by atoms with Crippen LogP contribution in [-0.4, -0.2) is 42.7 Å². The summed E-state index contributed by atoms with van der Waals surface area (Å²) in [5, 5.41) is 0. The lowest BCUT2D eigenvalue weighted by atomic mass is 9.78. The first kappa shape index (κ1) is 21.5. The molecule has 0 radical (unpaired) electrons. The Kier molecular flexibility index (Phi) is 6.35. The summed E-state index contributed by atoms with van der Waals surface area (Å²) < 4.78 is 12.3. The molecule has 1 aliphatic carbocycles. The molecule has 1 aromatic heterocycles. The number of rotatable bonds is 6. The lowest BCUT2D eigenvalue weighted by Gasteiger charge is -2.41. The molecule has 2 fully saturated rings. The lowest BCUT2D eigenvalue weighted by molar-refractivity contribution is 0.0501. The van der Waals surface area contributed by atoms with E-state index >= 15 is 0 Å². The number of fused-ring (bicyclic) bond motifs is 2. The highest BCUT2D eigenvalue weighted by Gasteiger charge is 2.34. The van der Waals surface area contributed by atoms with Crippen molar-refractivity contribution in [2.45, 2.75) is 45.6 Å². The number of nitrogens with zero attached hydrogens (tertiary/aromatic N) is 2. The van der Waals surface area contributed by atoms with Crippen LogP contribution in [0.2, 0.25) is 0 Å². The minimum absolute atomic E-state index is 0.0976. The molecule has 2 aliphatic rings. The van der Waals surface area contributed by atoms with Gasteiger partial charge in [-0.05, 0) is 73.8 Å². The normalized spacial score (nSPS) is 20.4. The zero-order valence-electron chi connectivity index (χ0n) is 18.7. The maximum Gasteiger partial charge on any atom is 0.263 e. The molecule has 2 bridgehead atoms. The third-order valence-corrected chi connectivity index (χ3v) is 6.81. The number of pyridine rings is 1. The summed E-state index contributed by atoms with van der Waals surface area (Å²) in [7, 11) is 3.22. The van der Waals surface area contributed by atoms with Crippen LogP contribution in [0.4, 0.5) is 0 Å². The van der Waals surface area contributed by atoms with Gasteiger partial charge in [0, 0.05) is 25.8 Å². The van der Waals surface area contributed by atoms with Gasteiger partial charge in [0.15, 0.2) is 11.5 Å². The maximum absolute atomic E-state index is 13.3. The number of carbonyl (C=O) groups is 1. The highest BCUT2D eigenvalue weighted by molar-refractivity contribution is 5.95. The van der Waals surface area contributed by atoms with Crippen LogP contribution in [0.25, 0.3) is 0 Å². The molecule has 2 aromatic rings. The number of hydrogen-bond acceptors (Lipinski definition) is 4. The van der Waals surface area contributed by atoms with Crippen molar-refractivity contribution < 1.29 is 14.3 Å². The number of aryl methyl sites for hydroxylation is 3. The summed E-state index contributed by atoms with van der Waals surface area (Å²) in [5.74, 6) is 2.43. The van der Waals surface area contributed by atoms with E-state index in [1.807, 2.05) is 36.1 Å². The van der Waals surface area contributed by atoms with Gasteiger partial charge in [0.05, 0.1) is 14.2 Å². The fraction of sp³-hybridized carbons (Fsp3) is 0.520. The van der Waals surface area contributed by atoms with E-state index in [1.165, 1.54) is 25.7 Å². The summed E-state index contributed by atoms with van der Waals surface area (Å²) in [4.78, 5) is 28.5. The Hall–Kier alpha value is -2.76. The SMILES string of the molecule is COc1ccc(CCn2ccc(C)c(C(=O)N3C[C@H]4CCC[C@@H](C4)C3)c2=O)cc1OC. The van der Waals surface area contributed by atoms with Gasteiger partial charge in [0.1, 0.15) is 5.56 Å². The van der Waals surface area contributed by atoms with Gasteiger partial charge in [-0.1, -0.05) is 12.5 Å². The number of methoxy groups -OCH3 is 2. The number of likely N-dealkylation sites (tertiary alicyclic amines) is 1. The number of carbonyl (C=O) groups excluding carboxylic acids is 1. The number of piperidine rings is 1. The summed E-state index contributed by atoms with van der Waals surface area (Å²) in [6.45, 7) is 3.93. The van der Waals surface area contributed by atoms with Crippen LogP contribution < -0.4 is 15.0 Å². The van der Waals surface area contributed by atoms with Gasteiger partial charge in [0.25, 0.3) is 11.5 Å². The van der Waals surface area contributed by atoms with Gasteiger partial charge in [-0.2, -0.15) is 0 Å². The molecule has 4 rings (SSSR count). The van der Waals surface area contributed by atoms with E-state index in [1.54, 1.807) is 25.0 Å². The van der Waals surface area contributed by atoms with E-state index in [4.69, 9.17) is 9.47 Å². The summed E-state index contributed by atoms with van der Waals surface area (Å²) in [6, 6.07) is 7.65. The molecule has 1 saturated carbocycles. The first-order valence-electron chi connectivity index (χ1n) is 11.2. The molecule has 0 unspecified atom stereocenters. The van der Waals surface area contributed by atoms with Gasteiger partial charge in [-0.25, -0.2) is 0 Å². The van der Waals surface area contributed by atoms with Crippen molar-refractivity contribution in [3.63, 3.8) is 0 Å². The molecule has 1 saturated heterocycles. The van der Waals surface area contributed by atoms with Gasteiger partial charge in [-0.15, -0.1) is 0 Å². The number of benzene rings is 1. The van der Waals surface area contributed by atoms with Crippen LogP contribution in [-0.2, 0) is 13.0 Å². The second kappa shape index (κ2) is 9.16. The number of aromatic nitrogens is 1. The van der Waals surface area contributed by atoms with Crippen molar-refractivity contribution in [3.8, 4) is 11.5 Å². The van der Waals surface area contributed by atoms with Crippen molar-refractivity contribution >= 4 is 5.91 Å². The fourth-order valence-corrected chi connectivity index (χ4v) is 5.14. The highest BCUT2D eigenvalue weighted by Crippen LogP contribution is 2.34. The summed E-state index contributed by atoms with van der Waals surface area (Å²) >= 11 is 0. The Morgan fingerprint density at radius 1 is 1.06 bits per heavy atom. The minimum atomic E-state index is -0.193. The second-order valence-electron chi connectivity index (χ2n) is 8.92. The first-order valence-corrected chi connectivity index (χ1v) is 11.2. The van der Waals surface area contributed by atoms with E-state index in [2.05, 4.69) is 0 Å². The van der Waals surface area contributed by atoms with Crippen LogP contribution in [0, 0.1) is 18.8 Å². The van der Waals surface area contributed by atoms with Crippen molar-refractivity contribution in [3.05, 3.63) is 57.5 Å². The van der Waals surface area contributed by atoms with Crippen LogP contribution in [0.5, 0.6) is 11.5 Å². The van der Waals surface area contributed by atoms with Gasteiger partial charge < -0.3 is 18.9 Å². The molecule has 31 heavy (non-hydrogen) atoms. The Morgan fingerprint density at radius 3 is 2.45 bits per heavy atom. The Morgan fingerprint density at radius 2 is 1.77 bits per heavy atom. The quantitative estimate of drug-likeness (QED) is 0.710. The van der Waals surface area contributed by atoms with Crippen molar-refractivity contribution in [2.24, 2.45) is 11.8 Å². The van der Waals surface area contributed by atoms with Crippen LogP contribution in [0.15, 0.2) is 35.3 Å². The smallest absolute Gasteiger partial charge is 0.263 e. The fourth-order valence-electron chi connectivity index (χ4n) is 5.14. The number of hydrogen-bond donors (Lipinski definition) is 0. The van der Waals surface area contributed by atoms with Crippen LogP contribution in [0.3, 0.4) is 0 Å². The molecule has 166 valence electrons. The largest absolute Gasteiger partial charge is 0.493 e. The van der Waals surface area contributed by atoms with E-state index in [-0.39, 0.29) is 11.5 Å². The Labute approximate surface area is 183 Å². The molecule has 1 aliphatic heterocycles. The molecule has 2 heterocycles. The predicted octanol–water partition coefficient (Wildman–Crippen LogP) is 3.68. The van der Waals surface area contributed by atoms with E-state index in [0.717, 1.165) is 24.2 Å². The van der Waals surface area contributed by atoms with E-state index in [0.29, 0.717) is 41.9 Å². The molecule has 6 heteroatoms. The van der Waals surface area contributed by atoms with Crippen LogP contribution >= 0.6 is 0 Å². The van der Waals surface area contributed by atoms with Crippen molar-refractivity contribution in [1.82, 2.24) is 9.47 Å². The molecule has 1 amide bonds. The van der Waals surface area contributed by atoms with Crippen LogP contribution in [0.1, 0.15) is 47.2 Å². The summed E-state index contributed by atoms with van der Waals surface area (Å²) in [5.41, 5.74) is 1.94.